The minimum Gasteiger partial charge on any atom is -0.497 e. The lowest BCUT2D eigenvalue weighted by molar-refractivity contribution is 0.103. The van der Waals surface area contributed by atoms with Crippen LogP contribution < -0.4 is 8.92 Å². The first-order valence-corrected chi connectivity index (χ1v) is 9.91. The Morgan fingerprint density at radius 3 is 2.32 bits per heavy atom. The van der Waals surface area contributed by atoms with Crippen LogP contribution in [0, 0.1) is 5.82 Å². The number of ketones is 1. The van der Waals surface area contributed by atoms with Gasteiger partial charge in [-0.15, -0.1) is 0 Å². The highest BCUT2D eigenvalue weighted by atomic mass is 32.2. The van der Waals surface area contributed by atoms with E-state index in [4.69, 9.17) is 8.92 Å². The van der Waals surface area contributed by atoms with E-state index < -0.39 is 27.5 Å². The van der Waals surface area contributed by atoms with Crippen molar-refractivity contribution in [1.29, 1.82) is 0 Å². The molecule has 28 heavy (non-hydrogen) atoms. The van der Waals surface area contributed by atoms with Crippen molar-refractivity contribution < 1.29 is 26.5 Å². The molecule has 0 saturated heterocycles. The number of ether oxygens (including phenoxy) is 1. The second-order valence-corrected chi connectivity index (χ2v) is 7.50. The van der Waals surface area contributed by atoms with E-state index in [0.29, 0.717) is 11.3 Å². The molecule has 0 aliphatic carbocycles. The summed E-state index contributed by atoms with van der Waals surface area (Å²) in [6.07, 6.45) is 0. The van der Waals surface area contributed by atoms with E-state index in [1.165, 1.54) is 49.6 Å². The number of hydrogen-bond acceptors (Lipinski definition) is 5. The first kappa shape index (κ1) is 19.6. The summed E-state index contributed by atoms with van der Waals surface area (Å²) >= 11 is 0. The predicted molar refractivity (Wildman–Crippen MR) is 103 cm³/mol. The molecule has 0 aliphatic rings. The van der Waals surface area contributed by atoms with Crippen molar-refractivity contribution in [2.45, 2.75) is 5.75 Å². The molecule has 0 amide bonds. The van der Waals surface area contributed by atoms with Crippen LogP contribution in [0.2, 0.25) is 0 Å². The molecule has 0 saturated carbocycles. The summed E-state index contributed by atoms with van der Waals surface area (Å²) in [5.41, 5.74) is 0.412. The van der Waals surface area contributed by atoms with Gasteiger partial charge in [-0.3, -0.25) is 4.79 Å². The Bertz CT molecular complexity index is 1090. The Kier molecular flexibility index (Phi) is 5.75. The Morgan fingerprint density at radius 1 is 0.964 bits per heavy atom. The molecule has 0 heterocycles. The molecule has 3 aromatic carbocycles. The first-order valence-electron chi connectivity index (χ1n) is 8.33. The van der Waals surface area contributed by atoms with Gasteiger partial charge in [0, 0.05) is 17.2 Å². The maximum atomic E-state index is 13.8. The van der Waals surface area contributed by atoms with Crippen molar-refractivity contribution in [2.75, 3.05) is 7.11 Å². The topological polar surface area (TPSA) is 69.7 Å². The molecule has 0 aromatic heterocycles. The molecule has 0 radical (unpaired) electrons. The van der Waals surface area contributed by atoms with Crippen LogP contribution in [0.4, 0.5) is 4.39 Å². The Hall–Kier alpha value is -3.19. The monoisotopic (exact) mass is 400 g/mol. The van der Waals surface area contributed by atoms with Crippen molar-refractivity contribution in [1.82, 2.24) is 0 Å². The molecular formula is C21H17FO5S. The van der Waals surface area contributed by atoms with E-state index in [0.717, 1.165) is 0 Å². The van der Waals surface area contributed by atoms with Crippen molar-refractivity contribution in [3.05, 3.63) is 95.3 Å². The smallest absolute Gasteiger partial charge is 0.313 e. The van der Waals surface area contributed by atoms with E-state index in [1.807, 2.05) is 0 Å². The number of carbonyl (C=O) groups excluding carboxylic acids is 1. The van der Waals surface area contributed by atoms with E-state index in [-0.39, 0.29) is 16.9 Å². The molecule has 0 aliphatic heterocycles. The van der Waals surface area contributed by atoms with Gasteiger partial charge in [-0.05, 0) is 18.2 Å². The fourth-order valence-electron chi connectivity index (χ4n) is 2.60. The van der Waals surface area contributed by atoms with Gasteiger partial charge in [0.05, 0.1) is 12.7 Å². The molecular weight excluding hydrogens is 383 g/mol. The summed E-state index contributed by atoms with van der Waals surface area (Å²) < 4.78 is 49.1. The van der Waals surface area contributed by atoms with Crippen molar-refractivity contribution in [3.8, 4) is 11.5 Å². The number of benzene rings is 3. The second kappa shape index (κ2) is 8.22. The van der Waals surface area contributed by atoms with Gasteiger partial charge in [-0.2, -0.15) is 8.42 Å². The summed E-state index contributed by atoms with van der Waals surface area (Å²) in [6, 6.07) is 18.2. The van der Waals surface area contributed by atoms with Crippen molar-refractivity contribution >= 4 is 15.9 Å². The molecule has 0 spiro atoms. The van der Waals surface area contributed by atoms with E-state index in [1.54, 1.807) is 30.3 Å². The molecule has 3 rings (SSSR count). The summed E-state index contributed by atoms with van der Waals surface area (Å²) in [4.78, 5) is 12.8. The molecule has 0 unspecified atom stereocenters. The Balaban J connectivity index is 1.96. The molecule has 0 atom stereocenters. The predicted octanol–water partition coefficient (Wildman–Crippen LogP) is 3.97. The second-order valence-electron chi connectivity index (χ2n) is 5.93. The molecule has 3 aromatic rings. The summed E-state index contributed by atoms with van der Waals surface area (Å²) in [5.74, 6) is -1.58. The van der Waals surface area contributed by atoms with Gasteiger partial charge in [-0.25, -0.2) is 4.39 Å². The fraction of sp³-hybridized carbons (Fsp3) is 0.0952. The summed E-state index contributed by atoms with van der Waals surface area (Å²) in [6.45, 7) is 0. The van der Waals surface area contributed by atoms with Crippen molar-refractivity contribution in [2.24, 2.45) is 0 Å². The largest absolute Gasteiger partial charge is 0.497 e. The van der Waals surface area contributed by atoms with Crippen LogP contribution in [0.25, 0.3) is 0 Å². The highest BCUT2D eigenvalue weighted by Gasteiger charge is 2.22. The van der Waals surface area contributed by atoms with E-state index >= 15 is 0 Å². The number of halogens is 1. The molecule has 7 heteroatoms. The van der Waals surface area contributed by atoms with Gasteiger partial charge in [0.1, 0.15) is 17.3 Å². The highest BCUT2D eigenvalue weighted by molar-refractivity contribution is 7.86. The standard InChI is InChI=1S/C21H17FO5S/c1-26-17-11-12-18(21(23)15-7-3-2-4-8-15)20(13-17)27-28(24,25)14-16-9-5-6-10-19(16)22/h2-13H,14H2,1H3. The molecule has 0 N–H and O–H groups in total. The zero-order valence-electron chi connectivity index (χ0n) is 15.0. The normalized spacial score (nSPS) is 11.1. The van der Waals surface area contributed by atoms with Gasteiger partial charge in [-0.1, -0.05) is 48.5 Å². The first-order chi connectivity index (χ1) is 13.4. The number of rotatable bonds is 7. The molecule has 0 bridgehead atoms. The maximum Gasteiger partial charge on any atom is 0.313 e. The SMILES string of the molecule is COc1ccc(C(=O)c2ccccc2)c(OS(=O)(=O)Cc2ccccc2F)c1. The average molecular weight is 400 g/mol. The van der Waals surface area contributed by atoms with Crippen LogP contribution in [0.5, 0.6) is 11.5 Å². The zero-order chi connectivity index (χ0) is 20.1. The number of methoxy groups -OCH3 is 1. The Morgan fingerprint density at radius 2 is 1.64 bits per heavy atom. The van der Waals surface area contributed by atoms with Crippen LogP contribution in [-0.2, 0) is 15.9 Å². The molecule has 5 nitrogen and oxygen atoms in total. The van der Waals surface area contributed by atoms with E-state index in [9.17, 15) is 17.6 Å². The van der Waals surface area contributed by atoms with E-state index in [2.05, 4.69) is 0 Å². The summed E-state index contributed by atoms with van der Waals surface area (Å²) in [5, 5.41) is 0. The summed E-state index contributed by atoms with van der Waals surface area (Å²) in [7, 11) is -2.81. The van der Waals surface area contributed by atoms with Crippen LogP contribution >= 0.6 is 0 Å². The van der Waals surface area contributed by atoms with Gasteiger partial charge >= 0.3 is 10.1 Å². The third-order valence-corrected chi connectivity index (χ3v) is 5.07. The number of carbonyl (C=O) groups is 1. The lowest BCUT2D eigenvalue weighted by Gasteiger charge is -2.13. The van der Waals surface area contributed by atoms with Gasteiger partial charge < -0.3 is 8.92 Å². The number of hydrogen-bond donors (Lipinski definition) is 0. The molecule has 144 valence electrons. The van der Waals surface area contributed by atoms with Crippen LogP contribution in [0.15, 0.2) is 72.8 Å². The van der Waals surface area contributed by atoms with Crippen molar-refractivity contribution in [3.63, 3.8) is 0 Å². The van der Waals surface area contributed by atoms with Gasteiger partial charge in [0.2, 0.25) is 0 Å². The zero-order valence-corrected chi connectivity index (χ0v) is 15.8. The lowest BCUT2D eigenvalue weighted by Crippen LogP contribution is -2.15. The van der Waals surface area contributed by atoms with Crippen LogP contribution in [0.3, 0.4) is 0 Å². The minimum absolute atomic E-state index is 0.0265. The fourth-order valence-corrected chi connectivity index (χ4v) is 3.69. The van der Waals surface area contributed by atoms with Gasteiger partial charge in [0.15, 0.2) is 11.5 Å². The third-order valence-electron chi connectivity index (χ3n) is 3.98. The minimum atomic E-state index is -4.22. The Labute approximate surface area is 162 Å². The quantitative estimate of drug-likeness (QED) is 0.443. The maximum absolute atomic E-state index is 13.8. The highest BCUT2D eigenvalue weighted by Crippen LogP contribution is 2.29. The van der Waals surface area contributed by atoms with Crippen LogP contribution in [0.1, 0.15) is 21.5 Å². The van der Waals surface area contributed by atoms with Gasteiger partial charge in [0.25, 0.3) is 0 Å². The lowest BCUT2D eigenvalue weighted by atomic mass is 10.0. The average Bonchev–Trinajstić information content (AvgIpc) is 2.69. The van der Waals surface area contributed by atoms with Crippen LogP contribution in [-0.4, -0.2) is 21.3 Å². The molecule has 0 fully saturated rings. The third kappa shape index (κ3) is 4.55.